The van der Waals surface area contributed by atoms with Crippen molar-refractivity contribution in [2.45, 2.75) is 57.4 Å². The summed E-state index contributed by atoms with van der Waals surface area (Å²) in [5.41, 5.74) is 4.12. The number of carbonyl (C=O) groups is 4. The Balaban J connectivity index is 1.37. The van der Waals surface area contributed by atoms with E-state index in [1.807, 2.05) is 43.4 Å². The standard InChI is InChI=1S/C35H47ClN6O4/c1-41(2)23-20-37-31(24-26-12-14-29(36)15-13-26)33(45)40-42-21-16-35(17-22-42,28-9-4-3-5-10-28)34(46)39-19-18-38-32(44)30-11-7-6-8-27(30)25-43/h6-8,11-15,18,25,28,31,37H,3-5,9-10,16-17,19-24H2,1-2H3,(H,39,46)(H,40,45)/t31-/m1/s1. The number of halogens is 1. The van der Waals surface area contributed by atoms with E-state index in [4.69, 9.17) is 11.6 Å². The first kappa shape index (κ1) is 35.4. The Labute approximate surface area is 277 Å². The average Bonchev–Trinajstić information content (AvgIpc) is 3.07. The molecule has 3 N–H and O–H groups in total. The number of hydrazine groups is 1. The quantitative estimate of drug-likeness (QED) is 0.209. The van der Waals surface area contributed by atoms with Crippen molar-refractivity contribution in [3.8, 4) is 0 Å². The number of rotatable bonds is 14. The van der Waals surface area contributed by atoms with E-state index in [0.29, 0.717) is 50.2 Å². The summed E-state index contributed by atoms with van der Waals surface area (Å²) in [5, 5.41) is 9.04. The van der Waals surface area contributed by atoms with Crippen LogP contribution in [-0.2, 0) is 16.0 Å². The van der Waals surface area contributed by atoms with Gasteiger partial charge in [0.15, 0.2) is 6.29 Å². The minimum absolute atomic E-state index is 0.0245. The highest BCUT2D eigenvalue weighted by molar-refractivity contribution is 6.30. The van der Waals surface area contributed by atoms with Crippen molar-refractivity contribution in [2.75, 3.05) is 46.8 Å². The molecular weight excluding hydrogens is 604 g/mol. The molecule has 1 saturated heterocycles. The van der Waals surface area contributed by atoms with Gasteiger partial charge in [-0.05, 0) is 75.9 Å². The van der Waals surface area contributed by atoms with Gasteiger partial charge >= 0.3 is 0 Å². The van der Waals surface area contributed by atoms with Crippen LogP contribution in [0.1, 0.15) is 71.2 Å². The SMILES string of the molecule is CN(C)CCN[C@H](Cc1ccc(Cl)cc1)C(=O)NN1CCC(C(=O)NCC=NC(=O)c2ccccc2C=O)(C2CCCCC2)CC1. The lowest BCUT2D eigenvalue weighted by molar-refractivity contribution is -0.141. The number of nitrogens with zero attached hydrogens (tertiary/aromatic N) is 3. The van der Waals surface area contributed by atoms with E-state index in [2.05, 4.69) is 26.0 Å². The molecule has 10 nitrogen and oxygen atoms in total. The first-order chi connectivity index (χ1) is 22.2. The van der Waals surface area contributed by atoms with Crippen LogP contribution in [0.25, 0.3) is 0 Å². The van der Waals surface area contributed by atoms with E-state index in [1.54, 1.807) is 24.3 Å². The van der Waals surface area contributed by atoms with Crippen molar-refractivity contribution in [1.82, 2.24) is 26.0 Å². The highest BCUT2D eigenvalue weighted by Crippen LogP contribution is 2.46. The van der Waals surface area contributed by atoms with E-state index in [1.165, 1.54) is 12.6 Å². The largest absolute Gasteiger partial charge is 0.351 e. The molecule has 11 heteroatoms. The molecule has 2 aromatic rings. The van der Waals surface area contributed by atoms with Crippen molar-refractivity contribution in [3.63, 3.8) is 0 Å². The Morgan fingerprint density at radius 2 is 1.74 bits per heavy atom. The molecule has 0 aromatic heterocycles. The lowest BCUT2D eigenvalue weighted by Crippen LogP contribution is -2.59. The van der Waals surface area contributed by atoms with Gasteiger partial charge in [-0.1, -0.05) is 61.2 Å². The summed E-state index contributed by atoms with van der Waals surface area (Å²) >= 11 is 6.07. The number of hydrogen-bond acceptors (Lipinski definition) is 7. The molecule has 1 atom stereocenters. The lowest BCUT2D eigenvalue weighted by atomic mass is 9.63. The summed E-state index contributed by atoms with van der Waals surface area (Å²) in [6.45, 7) is 2.72. The maximum absolute atomic E-state index is 13.8. The molecule has 248 valence electrons. The lowest BCUT2D eigenvalue weighted by Gasteiger charge is -2.46. The molecule has 46 heavy (non-hydrogen) atoms. The molecule has 3 amide bonds. The fourth-order valence-electron chi connectivity index (χ4n) is 6.61. The number of benzene rings is 2. The summed E-state index contributed by atoms with van der Waals surface area (Å²) in [6, 6.07) is 13.6. The van der Waals surface area contributed by atoms with Gasteiger partial charge in [0.2, 0.25) is 5.91 Å². The smallest absolute Gasteiger partial charge is 0.277 e. The summed E-state index contributed by atoms with van der Waals surface area (Å²) in [4.78, 5) is 57.2. The highest BCUT2D eigenvalue weighted by Gasteiger charge is 2.47. The Kier molecular flexibility index (Phi) is 13.4. The van der Waals surface area contributed by atoms with E-state index >= 15 is 0 Å². The second-order valence-electron chi connectivity index (χ2n) is 12.6. The number of carbonyl (C=O) groups excluding carboxylic acids is 4. The van der Waals surface area contributed by atoms with Crippen molar-refractivity contribution >= 4 is 41.8 Å². The summed E-state index contributed by atoms with van der Waals surface area (Å²) in [5.74, 6) is -0.375. The third-order valence-corrected chi connectivity index (χ3v) is 9.51. The number of nitrogens with one attached hydrogen (secondary N) is 3. The topological polar surface area (TPSA) is 123 Å². The molecular formula is C35H47ClN6O4. The van der Waals surface area contributed by atoms with E-state index in [0.717, 1.165) is 37.8 Å². The fraction of sp³-hybridized carbons (Fsp3) is 0.514. The molecule has 2 aromatic carbocycles. The van der Waals surface area contributed by atoms with Gasteiger partial charge in [-0.2, -0.15) is 0 Å². The first-order valence-electron chi connectivity index (χ1n) is 16.3. The zero-order valence-electron chi connectivity index (χ0n) is 27.0. The average molecular weight is 651 g/mol. The van der Waals surface area contributed by atoms with Crippen LogP contribution >= 0.6 is 11.6 Å². The third-order valence-electron chi connectivity index (χ3n) is 9.26. The number of aldehydes is 1. The zero-order valence-corrected chi connectivity index (χ0v) is 27.7. The highest BCUT2D eigenvalue weighted by atomic mass is 35.5. The monoisotopic (exact) mass is 650 g/mol. The van der Waals surface area contributed by atoms with Crippen LogP contribution < -0.4 is 16.1 Å². The van der Waals surface area contributed by atoms with Gasteiger partial charge in [-0.25, -0.2) is 10.0 Å². The Morgan fingerprint density at radius 3 is 2.41 bits per heavy atom. The molecule has 2 fully saturated rings. The van der Waals surface area contributed by atoms with Gasteiger partial charge in [-0.15, -0.1) is 0 Å². The Morgan fingerprint density at radius 1 is 1.04 bits per heavy atom. The van der Waals surface area contributed by atoms with Crippen molar-refractivity contribution in [1.29, 1.82) is 0 Å². The van der Waals surface area contributed by atoms with Gasteiger partial charge in [0.05, 0.1) is 23.6 Å². The van der Waals surface area contributed by atoms with Crippen LogP contribution in [0.4, 0.5) is 0 Å². The van der Waals surface area contributed by atoms with Crippen LogP contribution in [0.5, 0.6) is 0 Å². The van der Waals surface area contributed by atoms with Crippen LogP contribution in [0.2, 0.25) is 5.02 Å². The van der Waals surface area contributed by atoms with Crippen LogP contribution in [-0.4, -0.2) is 93.0 Å². The van der Waals surface area contributed by atoms with Crippen LogP contribution in [0, 0.1) is 11.3 Å². The van der Waals surface area contributed by atoms with E-state index in [-0.39, 0.29) is 35.4 Å². The molecule has 0 bridgehead atoms. The Hall–Kier alpha value is -3.44. The van der Waals surface area contributed by atoms with Gasteiger partial charge in [0.25, 0.3) is 11.8 Å². The molecule has 2 aliphatic rings. The number of likely N-dealkylation sites (N-methyl/N-ethyl adjacent to an activating group) is 1. The van der Waals surface area contributed by atoms with Crippen LogP contribution in [0.15, 0.2) is 53.5 Å². The van der Waals surface area contributed by atoms with Gasteiger partial charge < -0.3 is 15.5 Å². The number of piperidine rings is 1. The van der Waals surface area contributed by atoms with Crippen LogP contribution in [0.3, 0.4) is 0 Å². The predicted octanol–water partition coefficient (Wildman–Crippen LogP) is 3.94. The molecule has 1 heterocycles. The molecule has 1 aliphatic carbocycles. The number of hydrogen-bond donors (Lipinski definition) is 3. The second-order valence-corrected chi connectivity index (χ2v) is 13.1. The summed E-state index contributed by atoms with van der Waals surface area (Å²) in [7, 11) is 4.00. The number of aliphatic imine (C=N–C) groups is 1. The molecule has 1 saturated carbocycles. The molecule has 1 aliphatic heterocycles. The minimum atomic E-state index is -0.545. The normalized spacial score (nSPS) is 17.9. The van der Waals surface area contributed by atoms with Gasteiger partial charge in [0.1, 0.15) is 0 Å². The number of amides is 3. The van der Waals surface area contributed by atoms with Gasteiger partial charge in [-0.3, -0.25) is 24.6 Å². The molecule has 0 unspecified atom stereocenters. The fourth-order valence-corrected chi connectivity index (χ4v) is 6.74. The molecule has 4 rings (SSSR count). The summed E-state index contributed by atoms with van der Waals surface area (Å²) < 4.78 is 0. The van der Waals surface area contributed by atoms with Crippen molar-refractivity contribution < 1.29 is 19.2 Å². The maximum atomic E-state index is 13.8. The first-order valence-corrected chi connectivity index (χ1v) is 16.7. The third kappa shape index (κ3) is 9.78. The minimum Gasteiger partial charge on any atom is -0.351 e. The van der Waals surface area contributed by atoms with Crippen molar-refractivity contribution in [3.05, 3.63) is 70.2 Å². The summed E-state index contributed by atoms with van der Waals surface area (Å²) in [6.07, 6.45) is 9.23. The second kappa shape index (κ2) is 17.5. The van der Waals surface area contributed by atoms with Crippen molar-refractivity contribution in [2.24, 2.45) is 16.3 Å². The molecule has 0 radical (unpaired) electrons. The predicted molar refractivity (Wildman–Crippen MR) is 181 cm³/mol. The van der Waals surface area contributed by atoms with Gasteiger partial charge in [0, 0.05) is 43.0 Å². The van der Waals surface area contributed by atoms with E-state index < -0.39 is 17.4 Å². The Bertz CT molecular complexity index is 1350. The zero-order chi connectivity index (χ0) is 32.9. The van der Waals surface area contributed by atoms with E-state index in [9.17, 15) is 19.2 Å². The maximum Gasteiger partial charge on any atom is 0.277 e. The molecule has 0 spiro atoms.